The van der Waals surface area contributed by atoms with E-state index in [4.69, 9.17) is 4.74 Å². The maximum atomic E-state index is 14.2. The van der Waals surface area contributed by atoms with Crippen molar-refractivity contribution < 1.29 is 22.3 Å². The molecule has 2 aromatic carbocycles. The summed E-state index contributed by atoms with van der Waals surface area (Å²) in [5.74, 6) is -0.858. The summed E-state index contributed by atoms with van der Waals surface area (Å²) in [6.45, 7) is 2.04. The molecule has 0 spiro atoms. The molecule has 0 atom stereocenters. The number of ether oxygens (including phenoxy) is 1. The number of carbonyl (C=O) groups is 1. The first-order valence-electron chi connectivity index (χ1n) is 9.76. The highest BCUT2D eigenvalue weighted by Crippen LogP contribution is 2.21. The van der Waals surface area contributed by atoms with Crippen molar-refractivity contribution >= 4 is 15.9 Å². The van der Waals surface area contributed by atoms with Crippen molar-refractivity contribution in [3.8, 4) is 5.75 Å². The third-order valence-corrected chi connectivity index (χ3v) is 6.88. The van der Waals surface area contributed by atoms with Gasteiger partial charge in [-0.1, -0.05) is 30.3 Å². The van der Waals surface area contributed by atoms with Crippen LogP contribution in [0.1, 0.15) is 15.9 Å². The Morgan fingerprint density at radius 2 is 1.80 bits per heavy atom. The second-order valence-corrected chi connectivity index (χ2v) is 9.07. The van der Waals surface area contributed by atoms with Crippen LogP contribution in [0, 0.1) is 5.82 Å². The van der Waals surface area contributed by atoms with Crippen LogP contribution in [0.3, 0.4) is 0 Å². The molecule has 0 unspecified atom stereocenters. The van der Waals surface area contributed by atoms with Crippen LogP contribution < -0.4 is 10.1 Å². The van der Waals surface area contributed by atoms with Gasteiger partial charge in [0, 0.05) is 44.8 Å². The van der Waals surface area contributed by atoms with E-state index in [1.165, 1.54) is 34.5 Å². The number of nitrogens with one attached hydrogen (secondary N) is 1. The Hall–Kier alpha value is -2.49. The van der Waals surface area contributed by atoms with Crippen molar-refractivity contribution in [1.82, 2.24) is 14.5 Å². The average molecular weight is 436 g/mol. The number of carbonyl (C=O) groups excluding carboxylic acids is 1. The number of hydrogen-bond donors (Lipinski definition) is 1. The molecule has 1 heterocycles. The van der Waals surface area contributed by atoms with Crippen molar-refractivity contribution in [2.24, 2.45) is 0 Å². The van der Waals surface area contributed by atoms with E-state index >= 15 is 0 Å². The van der Waals surface area contributed by atoms with E-state index in [-0.39, 0.29) is 24.4 Å². The van der Waals surface area contributed by atoms with Crippen LogP contribution >= 0.6 is 0 Å². The molecule has 0 saturated carbocycles. The summed E-state index contributed by atoms with van der Waals surface area (Å²) in [7, 11) is -2.01. The molecule has 30 heavy (non-hydrogen) atoms. The molecule has 1 aliphatic rings. The van der Waals surface area contributed by atoms with Gasteiger partial charge in [0.2, 0.25) is 10.0 Å². The van der Waals surface area contributed by atoms with E-state index in [1.807, 2.05) is 0 Å². The largest absolute Gasteiger partial charge is 0.496 e. The van der Waals surface area contributed by atoms with Gasteiger partial charge in [-0.2, -0.15) is 4.31 Å². The van der Waals surface area contributed by atoms with Gasteiger partial charge < -0.3 is 15.0 Å². The maximum Gasteiger partial charge on any atom is 0.257 e. The minimum absolute atomic E-state index is 0.0581. The lowest BCUT2D eigenvalue weighted by molar-refractivity contribution is 0.0747. The highest BCUT2D eigenvalue weighted by atomic mass is 32.2. The number of hydrogen-bond acceptors (Lipinski definition) is 5. The quantitative estimate of drug-likeness (QED) is 0.683. The molecule has 3 rings (SSSR count). The van der Waals surface area contributed by atoms with E-state index in [0.717, 1.165) is 0 Å². The van der Waals surface area contributed by atoms with Crippen molar-refractivity contribution in [3.63, 3.8) is 0 Å². The van der Waals surface area contributed by atoms with Crippen LogP contribution in [0.2, 0.25) is 0 Å². The molecule has 162 valence electrons. The summed E-state index contributed by atoms with van der Waals surface area (Å²) in [5.41, 5.74) is 0.622. The van der Waals surface area contributed by atoms with Crippen molar-refractivity contribution in [2.45, 2.75) is 6.54 Å². The number of para-hydroxylation sites is 1. The van der Waals surface area contributed by atoms with Crippen LogP contribution in [-0.4, -0.2) is 69.1 Å². The van der Waals surface area contributed by atoms with E-state index in [1.54, 1.807) is 30.3 Å². The van der Waals surface area contributed by atoms with E-state index in [2.05, 4.69) is 5.32 Å². The van der Waals surface area contributed by atoms with Gasteiger partial charge in [0.05, 0.1) is 18.4 Å². The second kappa shape index (κ2) is 10.0. The third kappa shape index (κ3) is 5.35. The molecule has 2 aromatic rings. The fraction of sp³-hybridized carbons (Fsp3) is 0.381. The summed E-state index contributed by atoms with van der Waals surface area (Å²) < 4.78 is 46.5. The molecule has 9 heteroatoms. The molecule has 0 radical (unpaired) electrons. The SMILES string of the molecule is COc1ccccc1CN(CCS(=O)(=O)N1CCNCC1)C(=O)c1ccccc1F. The minimum atomic E-state index is -3.54. The van der Waals surface area contributed by atoms with Crippen LogP contribution in [0.15, 0.2) is 48.5 Å². The maximum absolute atomic E-state index is 14.2. The van der Waals surface area contributed by atoms with Crippen LogP contribution in [-0.2, 0) is 16.6 Å². The fourth-order valence-electron chi connectivity index (χ4n) is 3.37. The van der Waals surface area contributed by atoms with Gasteiger partial charge in [-0.15, -0.1) is 0 Å². The van der Waals surface area contributed by atoms with Gasteiger partial charge in [-0.05, 0) is 18.2 Å². The van der Waals surface area contributed by atoms with E-state index in [9.17, 15) is 17.6 Å². The van der Waals surface area contributed by atoms with Gasteiger partial charge >= 0.3 is 0 Å². The Labute approximate surface area is 176 Å². The number of nitrogens with zero attached hydrogens (tertiary/aromatic N) is 2. The lowest BCUT2D eigenvalue weighted by Crippen LogP contribution is -2.48. The zero-order valence-corrected chi connectivity index (χ0v) is 17.7. The fourth-order valence-corrected chi connectivity index (χ4v) is 4.82. The molecule has 1 saturated heterocycles. The highest BCUT2D eigenvalue weighted by Gasteiger charge is 2.27. The van der Waals surface area contributed by atoms with Crippen molar-refractivity contribution in [1.29, 1.82) is 0 Å². The topological polar surface area (TPSA) is 79.0 Å². The van der Waals surface area contributed by atoms with Gasteiger partial charge in [0.1, 0.15) is 11.6 Å². The average Bonchev–Trinajstić information content (AvgIpc) is 2.77. The summed E-state index contributed by atoms with van der Waals surface area (Å²) in [6.07, 6.45) is 0. The number of piperazine rings is 1. The predicted octanol–water partition coefficient (Wildman–Crippen LogP) is 1.71. The molecule has 0 aromatic heterocycles. The first-order valence-corrected chi connectivity index (χ1v) is 11.4. The second-order valence-electron chi connectivity index (χ2n) is 6.98. The van der Waals surface area contributed by atoms with Gasteiger partial charge in [0.25, 0.3) is 5.91 Å². The van der Waals surface area contributed by atoms with E-state index < -0.39 is 21.7 Å². The summed E-state index contributed by atoms with van der Waals surface area (Å²) >= 11 is 0. The summed E-state index contributed by atoms with van der Waals surface area (Å²) in [4.78, 5) is 14.4. The molecule has 1 fully saturated rings. The molecule has 1 N–H and O–H groups in total. The van der Waals surface area contributed by atoms with Gasteiger partial charge in [-0.25, -0.2) is 12.8 Å². The number of halogens is 1. The van der Waals surface area contributed by atoms with Crippen molar-refractivity contribution in [3.05, 3.63) is 65.5 Å². The first kappa shape index (κ1) is 22.2. The molecule has 0 aliphatic carbocycles. The van der Waals surface area contributed by atoms with Crippen LogP contribution in [0.5, 0.6) is 5.75 Å². The Bertz CT molecular complexity index is 978. The third-order valence-electron chi connectivity index (χ3n) is 5.03. The Morgan fingerprint density at radius 3 is 2.50 bits per heavy atom. The van der Waals surface area contributed by atoms with Gasteiger partial charge in [0.15, 0.2) is 0 Å². The zero-order valence-electron chi connectivity index (χ0n) is 16.9. The molecule has 1 amide bonds. The predicted molar refractivity (Wildman–Crippen MR) is 112 cm³/mol. The first-order chi connectivity index (χ1) is 14.4. The van der Waals surface area contributed by atoms with Crippen LogP contribution in [0.25, 0.3) is 0 Å². The normalized spacial score (nSPS) is 15.0. The van der Waals surface area contributed by atoms with E-state index in [0.29, 0.717) is 37.5 Å². The minimum Gasteiger partial charge on any atom is -0.496 e. The lowest BCUT2D eigenvalue weighted by Gasteiger charge is -2.29. The Balaban J connectivity index is 1.83. The zero-order chi connectivity index (χ0) is 21.6. The van der Waals surface area contributed by atoms with Crippen molar-refractivity contribution in [2.75, 3.05) is 45.6 Å². The number of amides is 1. The summed E-state index contributed by atoms with van der Waals surface area (Å²) in [5, 5.41) is 3.12. The molecule has 7 nitrogen and oxygen atoms in total. The monoisotopic (exact) mass is 435 g/mol. The number of methoxy groups -OCH3 is 1. The van der Waals surface area contributed by atoms with Gasteiger partial charge in [-0.3, -0.25) is 4.79 Å². The lowest BCUT2D eigenvalue weighted by atomic mass is 10.1. The number of rotatable bonds is 8. The molecular formula is C21H26FN3O4S. The van der Waals surface area contributed by atoms with Crippen LogP contribution in [0.4, 0.5) is 4.39 Å². The Kier molecular flexibility index (Phi) is 7.41. The molecular weight excluding hydrogens is 409 g/mol. The molecule has 0 bridgehead atoms. The molecule has 1 aliphatic heterocycles. The standard InChI is InChI=1S/C21H26FN3O4S/c1-29-20-9-5-2-6-17(20)16-24(21(26)18-7-3-4-8-19(18)22)14-15-30(27,28)25-12-10-23-11-13-25/h2-9,23H,10-16H2,1H3. The smallest absolute Gasteiger partial charge is 0.257 e. The Morgan fingerprint density at radius 1 is 1.13 bits per heavy atom. The number of benzene rings is 2. The summed E-state index contributed by atoms with van der Waals surface area (Å²) in [6, 6.07) is 12.9. The number of sulfonamides is 1. The highest BCUT2D eigenvalue weighted by molar-refractivity contribution is 7.89.